The molecule has 0 aliphatic carbocycles. The number of methoxy groups -OCH3 is 1. The molecule has 0 saturated carbocycles. The van der Waals surface area contributed by atoms with Crippen molar-refractivity contribution in [1.29, 1.82) is 0 Å². The Bertz CT molecular complexity index is 770. The number of thiazole rings is 1. The van der Waals surface area contributed by atoms with E-state index in [1.807, 2.05) is 23.6 Å². The second-order valence-corrected chi connectivity index (χ2v) is 5.01. The summed E-state index contributed by atoms with van der Waals surface area (Å²) in [5, 5.41) is 2.73. The van der Waals surface area contributed by atoms with Gasteiger partial charge in [0, 0.05) is 23.3 Å². The van der Waals surface area contributed by atoms with Gasteiger partial charge in [0.1, 0.15) is 5.01 Å². The van der Waals surface area contributed by atoms with Gasteiger partial charge in [-0.15, -0.1) is 11.3 Å². The highest BCUT2D eigenvalue weighted by molar-refractivity contribution is 7.13. The lowest BCUT2D eigenvalue weighted by molar-refractivity contribution is -0.139. The molecule has 2 heterocycles. The van der Waals surface area contributed by atoms with Crippen LogP contribution in [0.15, 0.2) is 36.0 Å². The van der Waals surface area contributed by atoms with Crippen molar-refractivity contribution in [3.8, 4) is 10.6 Å². The van der Waals surface area contributed by atoms with Crippen LogP contribution >= 0.6 is 11.3 Å². The van der Waals surface area contributed by atoms with Crippen LogP contribution < -0.4 is 0 Å². The third-order valence-electron chi connectivity index (χ3n) is 2.82. The monoisotopic (exact) mass is 285 g/mol. The predicted molar refractivity (Wildman–Crippen MR) is 76.4 cm³/mol. The first-order chi connectivity index (χ1) is 9.76. The van der Waals surface area contributed by atoms with Crippen molar-refractivity contribution in [1.82, 2.24) is 15.0 Å². The van der Waals surface area contributed by atoms with E-state index < -0.39 is 0 Å². The van der Waals surface area contributed by atoms with Crippen LogP contribution in [0.2, 0.25) is 0 Å². The van der Waals surface area contributed by atoms with E-state index in [2.05, 4.69) is 19.7 Å². The number of hydrogen-bond donors (Lipinski definition) is 0. The topological polar surface area (TPSA) is 65.0 Å². The Hall–Kier alpha value is -2.34. The lowest BCUT2D eigenvalue weighted by Gasteiger charge is -1.99. The summed E-state index contributed by atoms with van der Waals surface area (Å²) in [4.78, 5) is 24.2. The number of carbonyl (C=O) groups excluding carboxylic acids is 1. The maximum absolute atomic E-state index is 11.2. The quantitative estimate of drug-likeness (QED) is 0.692. The molecule has 0 fully saturated rings. The van der Waals surface area contributed by atoms with Gasteiger partial charge in [-0.25, -0.2) is 4.98 Å². The van der Waals surface area contributed by atoms with Crippen molar-refractivity contribution in [2.75, 3.05) is 7.11 Å². The van der Waals surface area contributed by atoms with E-state index in [4.69, 9.17) is 0 Å². The fraction of sp³-hybridized carbons (Fsp3) is 0.143. The van der Waals surface area contributed by atoms with E-state index in [1.54, 1.807) is 12.4 Å². The number of esters is 1. The summed E-state index contributed by atoms with van der Waals surface area (Å²) in [5.41, 5.74) is 3.37. The van der Waals surface area contributed by atoms with Crippen molar-refractivity contribution in [3.63, 3.8) is 0 Å². The summed E-state index contributed by atoms with van der Waals surface area (Å²) in [6.45, 7) is 0. The van der Waals surface area contributed by atoms with Crippen molar-refractivity contribution < 1.29 is 9.53 Å². The number of carbonyl (C=O) groups is 1. The van der Waals surface area contributed by atoms with Gasteiger partial charge in [0.05, 0.1) is 30.3 Å². The second kappa shape index (κ2) is 5.34. The van der Waals surface area contributed by atoms with Crippen molar-refractivity contribution in [2.24, 2.45) is 0 Å². The van der Waals surface area contributed by atoms with Crippen LogP contribution in [-0.2, 0) is 16.0 Å². The summed E-state index contributed by atoms with van der Waals surface area (Å²) in [5.74, 6) is -0.286. The zero-order chi connectivity index (χ0) is 13.9. The van der Waals surface area contributed by atoms with Gasteiger partial charge in [0.2, 0.25) is 0 Å². The molecule has 5 nitrogen and oxygen atoms in total. The van der Waals surface area contributed by atoms with Gasteiger partial charge in [-0.3, -0.25) is 14.8 Å². The molecule has 0 aliphatic heterocycles. The maximum atomic E-state index is 11.2. The fourth-order valence-corrected chi connectivity index (χ4v) is 2.65. The molecule has 1 aromatic carbocycles. The molecular formula is C14H11N3O2S. The number of fused-ring (bicyclic) bond motifs is 1. The third-order valence-corrected chi connectivity index (χ3v) is 3.76. The summed E-state index contributed by atoms with van der Waals surface area (Å²) in [6.07, 6.45) is 3.52. The molecule has 20 heavy (non-hydrogen) atoms. The number of nitrogens with zero attached hydrogens (tertiary/aromatic N) is 3. The minimum absolute atomic E-state index is 0.195. The van der Waals surface area contributed by atoms with Crippen molar-refractivity contribution in [3.05, 3.63) is 41.7 Å². The fourth-order valence-electron chi connectivity index (χ4n) is 1.84. The minimum atomic E-state index is -0.286. The van der Waals surface area contributed by atoms with Gasteiger partial charge in [-0.05, 0) is 18.2 Å². The predicted octanol–water partition coefficient (Wildman–Crippen LogP) is 2.47. The number of rotatable bonds is 3. The summed E-state index contributed by atoms with van der Waals surface area (Å²) in [7, 11) is 1.37. The largest absolute Gasteiger partial charge is 0.469 e. The molecule has 0 unspecified atom stereocenters. The molecule has 0 radical (unpaired) electrons. The molecule has 2 aromatic heterocycles. The van der Waals surface area contributed by atoms with Crippen LogP contribution in [0.5, 0.6) is 0 Å². The highest BCUT2D eigenvalue weighted by Crippen LogP contribution is 2.26. The molecule has 100 valence electrons. The van der Waals surface area contributed by atoms with Gasteiger partial charge in [0.25, 0.3) is 0 Å². The molecule has 0 saturated heterocycles. The Balaban J connectivity index is 1.92. The number of benzene rings is 1. The van der Waals surface area contributed by atoms with Gasteiger partial charge in [-0.1, -0.05) is 0 Å². The van der Waals surface area contributed by atoms with E-state index in [0.717, 1.165) is 27.3 Å². The second-order valence-electron chi connectivity index (χ2n) is 4.16. The highest BCUT2D eigenvalue weighted by atomic mass is 32.1. The Kier molecular flexibility index (Phi) is 3.39. The van der Waals surface area contributed by atoms with E-state index in [0.29, 0.717) is 0 Å². The van der Waals surface area contributed by atoms with E-state index in [-0.39, 0.29) is 12.4 Å². The van der Waals surface area contributed by atoms with Gasteiger partial charge >= 0.3 is 5.97 Å². The lowest BCUT2D eigenvalue weighted by Crippen LogP contribution is -2.04. The van der Waals surface area contributed by atoms with Gasteiger partial charge in [-0.2, -0.15) is 0 Å². The smallest absolute Gasteiger partial charge is 0.311 e. The van der Waals surface area contributed by atoms with E-state index >= 15 is 0 Å². The van der Waals surface area contributed by atoms with Crippen molar-refractivity contribution >= 4 is 28.3 Å². The zero-order valence-electron chi connectivity index (χ0n) is 10.7. The lowest BCUT2D eigenvalue weighted by atomic mass is 10.2. The first-order valence-electron chi connectivity index (χ1n) is 5.98. The van der Waals surface area contributed by atoms with Crippen molar-refractivity contribution in [2.45, 2.75) is 6.42 Å². The molecule has 0 bridgehead atoms. The summed E-state index contributed by atoms with van der Waals surface area (Å²) < 4.78 is 4.63. The standard InChI is InChI=1S/C14H11N3O2S/c1-19-13(18)7-10-8-20-14(17-10)9-2-3-11-12(6-9)16-5-4-15-11/h2-6,8H,7H2,1H3. The van der Waals surface area contributed by atoms with Crippen LogP contribution in [0.1, 0.15) is 5.69 Å². The molecule has 3 rings (SSSR count). The van der Waals surface area contributed by atoms with Crippen LogP contribution in [0, 0.1) is 0 Å². The normalized spacial score (nSPS) is 10.7. The first-order valence-corrected chi connectivity index (χ1v) is 6.86. The van der Waals surface area contributed by atoms with E-state index in [9.17, 15) is 4.79 Å². The van der Waals surface area contributed by atoms with Crippen LogP contribution in [0.25, 0.3) is 21.6 Å². The molecule has 6 heteroatoms. The van der Waals surface area contributed by atoms with E-state index in [1.165, 1.54) is 18.4 Å². The minimum Gasteiger partial charge on any atom is -0.469 e. The average molecular weight is 285 g/mol. The van der Waals surface area contributed by atoms with Crippen LogP contribution in [-0.4, -0.2) is 28.0 Å². The molecule has 0 N–H and O–H groups in total. The first kappa shape index (κ1) is 12.7. The highest BCUT2D eigenvalue weighted by Gasteiger charge is 2.09. The maximum Gasteiger partial charge on any atom is 0.311 e. The Morgan fingerprint density at radius 2 is 2.05 bits per heavy atom. The van der Waals surface area contributed by atoms with Crippen LogP contribution in [0.4, 0.5) is 0 Å². The SMILES string of the molecule is COC(=O)Cc1csc(-c2ccc3nccnc3c2)n1. The number of aromatic nitrogens is 3. The van der Waals surface area contributed by atoms with Gasteiger partial charge in [0.15, 0.2) is 0 Å². The van der Waals surface area contributed by atoms with Gasteiger partial charge < -0.3 is 4.74 Å². The third kappa shape index (κ3) is 2.50. The van der Waals surface area contributed by atoms with Crippen LogP contribution in [0.3, 0.4) is 0 Å². The Labute approximate surface area is 119 Å². The Morgan fingerprint density at radius 3 is 2.85 bits per heavy atom. The molecule has 0 aliphatic rings. The average Bonchev–Trinajstić information content (AvgIpc) is 2.95. The summed E-state index contributed by atoms with van der Waals surface area (Å²) >= 11 is 1.50. The summed E-state index contributed by atoms with van der Waals surface area (Å²) in [6, 6.07) is 5.82. The Morgan fingerprint density at radius 1 is 1.25 bits per heavy atom. The zero-order valence-corrected chi connectivity index (χ0v) is 11.6. The number of hydrogen-bond acceptors (Lipinski definition) is 6. The molecule has 0 spiro atoms. The molecule has 3 aromatic rings. The molecule has 0 amide bonds. The number of ether oxygens (including phenoxy) is 1. The molecular weight excluding hydrogens is 274 g/mol. The molecule has 0 atom stereocenters.